The van der Waals surface area contributed by atoms with Gasteiger partial charge in [-0.2, -0.15) is 0 Å². The lowest BCUT2D eigenvalue weighted by molar-refractivity contribution is 0.0948. The van der Waals surface area contributed by atoms with Crippen LogP contribution in [0.1, 0.15) is 16.1 Å². The van der Waals surface area contributed by atoms with Gasteiger partial charge in [0.25, 0.3) is 15.9 Å². The third-order valence-corrected chi connectivity index (χ3v) is 5.00. The second-order valence-corrected chi connectivity index (χ2v) is 7.20. The zero-order chi connectivity index (χ0) is 19.4. The highest BCUT2D eigenvalue weighted by atomic mass is 32.2. The van der Waals surface area contributed by atoms with E-state index in [9.17, 15) is 22.0 Å². The fourth-order valence-corrected chi connectivity index (χ4v) is 3.29. The number of hydrogen-bond acceptors (Lipinski definition) is 4. The minimum absolute atomic E-state index is 0.117. The van der Waals surface area contributed by atoms with Crippen molar-refractivity contribution in [3.63, 3.8) is 0 Å². The van der Waals surface area contributed by atoms with Crippen LogP contribution in [0.15, 0.2) is 70.2 Å². The van der Waals surface area contributed by atoms with Crippen LogP contribution in [0.4, 0.5) is 14.5 Å². The second-order valence-electron chi connectivity index (χ2n) is 5.52. The second kappa shape index (κ2) is 7.58. The van der Waals surface area contributed by atoms with Crippen LogP contribution in [0.5, 0.6) is 0 Å². The smallest absolute Gasteiger partial charge is 0.261 e. The van der Waals surface area contributed by atoms with E-state index in [0.29, 0.717) is 5.76 Å². The summed E-state index contributed by atoms with van der Waals surface area (Å²) in [6.45, 7) is 0.198. The molecular weight excluding hydrogens is 378 g/mol. The van der Waals surface area contributed by atoms with Gasteiger partial charge in [0.2, 0.25) is 0 Å². The molecule has 0 saturated heterocycles. The number of sulfonamides is 1. The van der Waals surface area contributed by atoms with Gasteiger partial charge in [-0.1, -0.05) is 0 Å². The topological polar surface area (TPSA) is 88.4 Å². The van der Waals surface area contributed by atoms with Gasteiger partial charge < -0.3 is 9.73 Å². The summed E-state index contributed by atoms with van der Waals surface area (Å²) in [6.07, 6.45) is 1.49. The first-order chi connectivity index (χ1) is 12.8. The van der Waals surface area contributed by atoms with Gasteiger partial charge in [0.05, 0.1) is 23.4 Å². The minimum atomic E-state index is -4.02. The van der Waals surface area contributed by atoms with Crippen molar-refractivity contribution in [2.24, 2.45) is 0 Å². The molecular formula is C18H14F2N2O4S. The summed E-state index contributed by atoms with van der Waals surface area (Å²) >= 11 is 0. The van der Waals surface area contributed by atoms with Gasteiger partial charge in [0.1, 0.15) is 5.76 Å². The fourth-order valence-electron chi connectivity index (χ4n) is 2.24. The first-order valence-corrected chi connectivity index (χ1v) is 9.22. The number of nitrogens with one attached hydrogen (secondary N) is 2. The quantitative estimate of drug-likeness (QED) is 0.674. The Kier molecular flexibility index (Phi) is 5.22. The number of carbonyl (C=O) groups is 1. The molecule has 0 atom stereocenters. The van der Waals surface area contributed by atoms with E-state index in [1.807, 2.05) is 0 Å². The molecule has 2 aromatic carbocycles. The monoisotopic (exact) mass is 392 g/mol. The minimum Gasteiger partial charge on any atom is -0.467 e. The van der Waals surface area contributed by atoms with E-state index in [-0.39, 0.29) is 22.7 Å². The largest absolute Gasteiger partial charge is 0.467 e. The molecule has 3 aromatic rings. The number of amides is 1. The molecule has 2 N–H and O–H groups in total. The summed E-state index contributed by atoms with van der Waals surface area (Å²) in [6, 6.07) is 11.2. The van der Waals surface area contributed by atoms with E-state index in [0.717, 1.165) is 18.2 Å². The van der Waals surface area contributed by atoms with Crippen molar-refractivity contribution in [1.29, 1.82) is 0 Å². The molecule has 6 nitrogen and oxygen atoms in total. The average Bonchev–Trinajstić information content (AvgIpc) is 3.16. The summed E-state index contributed by atoms with van der Waals surface area (Å²) in [7, 11) is -4.02. The van der Waals surface area contributed by atoms with E-state index < -0.39 is 27.6 Å². The lowest BCUT2D eigenvalue weighted by atomic mass is 10.2. The number of carbonyl (C=O) groups excluding carboxylic acids is 1. The van der Waals surface area contributed by atoms with Gasteiger partial charge in [-0.3, -0.25) is 9.52 Å². The number of halogens is 2. The normalized spacial score (nSPS) is 11.2. The highest BCUT2D eigenvalue weighted by Crippen LogP contribution is 2.19. The van der Waals surface area contributed by atoms with Gasteiger partial charge in [-0.25, -0.2) is 17.2 Å². The molecule has 9 heteroatoms. The summed E-state index contributed by atoms with van der Waals surface area (Å²) in [5.74, 6) is -2.07. The lowest BCUT2D eigenvalue weighted by Gasteiger charge is -2.09. The molecule has 0 radical (unpaired) electrons. The first-order valence-electron chi connectivity index (χ1n) is 7.74. The third kappa shape index (κ3) is 4.50. The molecule has 140 valence electrons. The molecule has 1 aromatic heterocycles. The van der Waals surface area contributed by atoms with Crippen molar-refractivity contribution in [1.82, 2.24) is 5.32 Å². The fraction of sp³-hybridized carbons (Fsp3) is 0.0556. The van der Waals surface area contributed by atoms with Crippen molar-refractivity contribution in [3.8, 4) is 0 Å². The highest BCUT2D eigenvalue weighted by molar-refractivity contribution is 7.92. The van der Waals surface area contributed by atoms with Crippen LogP contribution in [-0.4, -0.2) is 14.3 Å². The number of benzene rings is 2. The van der Waals surface area contributed by atoms with Crippen LogP contribution < -0.4 is 10.0 Å². The standard InChI is InChI=1S/C18H14F2N2O4S/c19-16-8-5-13(10-17(16)20)22-27(24,25)15-6-3-12(4-7-15)18(23)21-11-14-2-1-9-26-14/h1-10,22H,11H2,(H,21,23). The van der Waals surface area contributed by atoms with Crippen LogP contribution in [0.25, 0.3) is 0 Å². The Morgan fingerprint density at radius 1 is 1.00 bits per heavy atom. The van der Waals surface area contributed by atoms with Crippen molar-refractivity contribution >= 4 is 21.6 Å². The Balaban J connectivity index is 1.69. The van der Waals surface area contributed by atoms with Gasteiger partial charge in [-0.15, -0.1) is 0 Å². The molecule has 0 fully saturated rings. The van der Waals surface area contributed by atoms with Gasteiger partial charge in [0.15, 0.2) is 11.6 Å². The molecule has 0 saturated carbocycles. The first kappa shape index (κ1) is 18.6. The molecule has 0 unspecified atom stereocenters. The molecule has 0 bridgehead atoms. The van der Waals surface area contributed by atoms with Gasteiger partial charge in [-0.05, 0) is 48.5 Å². The maximum absolute atomic E-state index is 13.2. The predicted octanol–water partition coefficient (Wildman–Crippen LogP) is 3.29. The maximum atomic E-state index is 13.2. The van der Waals surface area contributed by atoms with E-state index in [4.69, 9.17) is 4.42 Å². The van der Waals surface area contributed by atoms with E-state index >= 15 is 0 Å². The van der Waals surface area contributed by atoms with E-state index in [1.54, 1.807) is 12.1 Å². The van der Waals surface area contributed by atoms with Crippen molar-refractivity contribution < 1.29 is 26.4 Å². The van der Waals surface area contributed by atoms with Crippen LogP contribution in [0.3, 0.4) is 0 Å². The molecule has 0 aliphatic carbocycles. The van der Waals surface area contributed by atoms with Crippen molar-refractivity contribution in [2.75, 3.05) is 4.72 Å². The van der Waals surface area contributed by atoms with Gasteiger partial charge >= 0.3 is 0 Å². The predicted molar refractivity (Wildman–Crippen MR) is 93.5 cm³/mol. The molecule has 27 heavy (non-hydrogen) atoms. The number of furan rings is 1. The average molecular weight is 392 g/mol. The molecule has 0 aliphatic heterocycles. The summed E-state index contributed by atoms with van der Waals surface area (Å²) in [4.78, 5) is 11.9. The Morgan fingerprint density at radius 2 is 1.74 bits per heavy atom. The maximum Gasteiger partial charge on any atom is 0.261 e. The molecule has 1 heterocycles. The van der Waals surface area contributed by atoms with Crippen LogP contribution in [0.2, 0.25) is 0 Å². The zero-order valence-corrected chi connectivity index (χ0v) is 14.6. The Labute approximate surface area is 153 Å². The lowest BCUT2D eigenvalue weighted by Crippen LogP contribution is -2.22. The molecule has 3 rings (SSSR count). The molecule has 1 amide bonds. The van der Waals surface area contributed by atoms with E-state index in [1.165, 1.54) is 30.5 Å². The van der Waals surface area contributed by atoms with Crippen LogP contribution >= 0.6 is 0 Å². The zero-order valence-electron chi connectivity index (χ0n) is 13.8. The number of hydrogen-bond donors (Lipinski definition) is 2. The van der Waals surface area contributed by atoms with Crippen molar-refractivity contribution in [2.45, 2.75) is 11.4 Å². The Hall–Kier alpha value is -3.20. The number of rotatable bonds is 6. The summed E-state index contributed by atoms with van der Waals surface area (Å²) < 4.78 is 58.0. The third-order valence-electron chi connectivity index (χ3n) is 3.60. The SMILES string of the molecule is O=C(NCc1ccco1)c1ccc(S(=O)(=O)Nc2ccc(F)c(F)c2)cc1. The summed E-state index contributed by atoms with van der Waals surface area (Å²) in [5.41, 5.74) is 0.141. The molecule has 0 aliphatic rings. The number of anilines is 1. The van der Waals surface area contributed by atoms with Crippen molar-refractivity contribution in [3.05, 3.63) is 83.8 Å². The Bertz CT molecular complexity index is 1050. The van der Waals surface area contributed by atoms with E-state index in [2.05, 4.69) is 10.0 Å². The Morgan fingerprint density at radius 3 is 2.37 bits per heavy atom. The summed E-state index contributed by atoms with van der Waals surface area (Å²) in [5, 5.41) is 2.64. The van der Waals surface area contributed by atoms with Crippen LogP contribution in [-0.2, 0) is 16.6 Å². The van der Waals surface area contributed by atoms with Gasteiger partial charge in [0, 0.05) is 11.6 Å². The highest BCUT2D eigenvalue weighted by Gasteiger charge is 2.16. The molecule has 0 spiro atoms. The van der Waals surface area contributed by atoms with Crippen LogP contribution in [0, 0.1) is 11.6 Å².